The van der Waals surface area contributed by atoms with Gasteiger partial charge in [0.2, 0.25) is 11.8 Å². The molecule has 1 saturated carbocycles. The number of hydrogen-bond donors (Lipinski definition) is 2. The normalized spacial score (nSPS) is 21.5. The third-order valence-corrected chi connectivity index (χ3v) is 4.76. The van der Waals surface area contributed by atoms with Crippen LogP contribution in [-0.2, 0) is 9.59 Å². The van der Waals surface area contributed by atoms with E-state index in [1.165, 1.54) is 0 Å². The van der Waals surface area contributed by atoms with Crippen LogP contribution in [0.1, 0.15) is 32.3 Å². The summed E-state index contributed by atoms with van der Waals surface area (Å²) in [5, 5.41) is 5.81. The van der Waals surface area contributed by atoms with E-state index in [0.717, 1.165) is 22.1 Å². The SMILES string of the molecule is CCC(C)NC(=O)C1CC1C(=O)Nc1ccc(C)c(Br)c1. The van der Waals surface area contributed by atoms with Crippen molar-refractivity contribution in [1.82, 2.24) is 5.32 Å². The van der Waals surface area contributed by atoms with Crippen molar-refractivity contribution in [2.45, 2.75) is 39.7 Å². The summed E-state index contributed by atoms with van der Waals surface area (Å²) in [5.41, 5.74) is 1.87. The number of benzene rings is 1. The number of nitrogens with one attached hydrogen (secondary N) is 2. The van der Waals surface area contributed by atoms with Crippen molar-refractivity contribution in [2.75, 3.05) is 5.32 Å². The van der Waals surface area contributed by atoms with Crippen LogP contribution in [0.5, 0.6) is 0 Å². The van der Waals surface area contributed by atoms with Crippen molar-refractivity contribution >= 4 is 33.4 Å². The molecule has 0 aliphatic heterocycles. The molecule has 0 aromatic heterocycles. The van der Waals surface area contributed by atoms with Crippen LogP contribution in [0, 0.1) is 18.8 Å². The minimum absolute atomic E-state index is 0.00501. The highest BCUT2D eigenvalue weighted by atomic mass is 79.9. The number of halogens is 1. The van der Waals surface area contributed by atoms with Crippen LogP contribution in [-0.4, -0.2) is 17.9 Å². The summed E-state index contributed by atoms with van der Waals surface area (Å²) in [6.07, 6.45) is 1.54. The lowest BCUT2D eigenvalue weighted by Gasteiger charge is -2.11. The zero-order chi connectivity index (χ0) is 15.6. The molecule has 1 aromatic rings. The van der Waals surface area contributed by atoms with Gasteiger partial charge in [0.15, 0.2) is 0 Å². The minimum Gasteiger partial charge on any atom is -0.353 e. The molecule has 0 heterocycles. The van der Waals surface area contributed by atoms with Gasteiger partial charge in [0.25, 0.3) is 0 Å². The second kappa shape index (κ2) is 6.60. The maximum Gasteiger partial charge on any atom is 0.228 e. The number of rotatable bonds is 5. The summed E-state index contributed by atoms with van der Waals surface area (Å²) in [5.74, 6) is -0.452. The molecule has 2 amide bonds. The van der Waals surface area contributed by atoms with Gasteiger partial charge >= 0.3 is 0 Å². The van der Waals surface area contributed by atoms with E-state index in [9.17, 15) is 9.59 Å². The summed E-state index contributed by atoms with van der Waals surface area (Å²) in [6, 6.07) is 5.85. The van der Waals surface area contributed by atoms with Gasteiger partial charge < -0.3 is 10.6 Å². The average Bonchev–Trinajstić information content (AvgIpc) is 3.23. The molecule has 3 atom stereocenters. The van der Waals surface area contributed by atoms with Crippen LogP contribution < -0.4 is 10.6 Å². The summed E-state index contributed by atoms with van der Waals surface area (Å²) >= 11 is 3.44. The minimum atomic E-state index is -0.200. The van der Waals surface area contributed by atoms with Gasteiger partial charge in [-0.15, -0.1) is 0 Å². The molecule has 1 aliphatic carbocycles. The van der Waals surface area contributed by atoms with Gasteiger partial charge in [0.05, 0.1) is 11.8 Å². The topological polar surface area (TPSA) is 58.2 Å². The number of carbonyl (C=O) groups excluding carboxylic acids is 2. The highest BCUT2D eigenvalue weighted by molar-refractivity contribution is 9.10. The number of aryl methyl sites for hydroxylation is 1. The Kier molecular flexibility index (Phi) is 5.04. The fourth-order valence-corrected chi connectivity index (χ4v) is 2.51. The lowest BCUT2D eigenvalue weighted by Crippen LogP contribution is -2.34. The Bertz CT molecular complexity index is 559. The summed E-state index contributed by atoms with van der Waals surface area (Å²) < 4.78 is 0.960. The maximum atomic E-state index is 12.1. The van der Waals surface area contributed by atoms with Crippen molar-refractivity contribution < 1.29 is 9.59 Å². The molecular formula is C16H21BrN2O2. The van der Waals surface area contributed by atoms with Crippen molar-refractivity contribution in [1.29, 1.82) is 0 Å². The third-order valence-electron chi connectivity index (χ3n) is 3.90. The molecule has 1 aliphatic rings. The van der Waals surface area contributed by atoms with Gasteiger partial charge in [-0.2, -0.15) is 0 Å². The second-order valence-corrected chi connectivity index (χ2v) is 6.57. The Morgan fingerprint density at radius 3 is 2.62 bits per heavy atom. The molecular weight excluding hydrogens is 332 g/mol. The van der Waals surface area contributed by atoms with E-state index in [4.69, 9.17) is 0 Å². The molecule has 114 valence electrons. The van der Waals surface area contributed by atoms with E-state index in [0.29, 0.717) is 6.42 Å². The molecule has 21 heavy (non-hydrogen) atoms. The molecule has 2 rings (SSSR count). The molecule has 0 radical (unpaired) electrons. The van der Waals surface area contributed by atoms with Gasteiger partial charge in [0, 0.05) is 16.2 Å². The Morgan fingerprint density at radius 2 is 2.00 bits per heavy atom. The van der Waals surface area contributed by atoms with E-state index in [1.54, 1.807) is 0 Å². The van der Waals surface area contributed by atoms with E-state index < -0.39 is 0 Å². The highest BCUT2D eigenvalue weighted by Crippen LogP contribution is 2.39. The second-order valence-electron chi connectivity index (χ2n) is 5.72. The highest BCUT2D eigenvalue weighted by Gasteiger charge is 2.48. The summed E-state index contributed by atoms with van der Waals surface area (Å²) in [6.45, 7) is 5.99. The monoisotopic (exact) mass is 352 g/mol. The number of anilines is 1. The zero-order valence-corrected chi connectivity index (χ0v) is 14.2. The first-order valence-electron chi connectivity index (χ1n) is 7.29. The van der Waals surface area contributed by atoms with Gasteiger partial charge in [-0.1, -0.05) is 28.9 Å². The van der Waals surface area contributed by atoms with Crippen LogP contribution in [0.25, 0.3) is 0 Å². The van der Waals surface area contributed by atoms with Crippen molar-refractivity contribution in [3.63, 3.8) is 0 Å². The number of amides is 2. The Labute approximate surface area is 133 Å². The molecule has 3 unspecified atom stereocenters. The predicted molar refractivity (Wildman–Crippen MR) is 87.0 cm³/mol. The van der Waals surface area contributed by atoms with E-state index in [2.05, 4.69) is 26.6 Å². The maximum absolute atomic E-state index is 12.1. The molecule has 0 saturated heterocycles. The molecule has 0 bridgehead atoms. The van der Waals surface area contributed by atoms with E-state index in [1.807, 2.05) is 39.0 Å². The largest absolute Gasteiger partial charge is 0.353 e. The number of carbonyl (C=O) groups is 2. The first-order chi connectivity index (χ1) is 9.92. The van der Waals surface area contributed by atoms with Gasteiger partial charge in [0.1, 0.15) is 0 Å². The van der Waals surface area contributed by atoms with Crippen LogP contribution in [0.2, 0.25) is 0 Å². The fraction of sp³-hybridized carbons (Fsp3) is 0.500. The van der Waals surface area contributed by atoms with Gasteiger partial charge in [-0.25, -0.2) is 0 Å². The smallest absolute Gasteiger partial charge is 0.228 e. The third kappa shape index (κ3) is 4.06. The summed E-state index contributed by atoms with van der Waals surface area (Å²) in [7, 11) is 0. The van der Waals surface area contributed by atoms with E-state index in [-0.39, 0.29) is 29.7 Å². The first kappa shape index (κ1) is 16.0. The summed E-state index contributed by atoms with van der Waals surface area (Å²) in [4.78, 5) is 24.1. The average molecular weight is 353 g/mol. The van der Waals surface area contributed by atoms with Crippen LogP contribution >= 0.6 is 15.9 Å². The predicted octanol–water partition coefficient (Wildman–Crippen LogP) is 3.25. The molecule has 4 nitrogen and oxygen atoms in total. The zero-order valence-electron chi connectivity index (χ0n) is 12.6. The van der Waals surface area contributed by atoms with E-state index >= 15 is 0 Å². The van der Waals surface area contributed by atoms with Crippen LogP contribution in [0.3, 0.4) is 0 Å². The van der Waals surface area contributed by atoms with Crippen molar-refractivity contribution in [3.05, 3.63) is 28.2 Å². The fourth-order valence-electron chi connectivity index (χ4n) is 2.13. The Hall–Kier alpha value is -1.36. The molecule has 5 heteroatoms. The molecule has 1 fully saturated rings. The Balaban J connectivity index is 1.88. The lowest BCUT2D eigenvalue weighted by atomic mass is 10.2. The number of hydrogen-bond acceptors (Lipinski definition) is 2. The molecule has 0 spiro atoms. The standard InChI is InChI=1S/C16H21BrN2O2/c1-4-10(3)18-15(20)12-8-13(12)16(21)19-11-6-5-9(2)14(17)7-11/h5-7,10,12-13H,4,8H2,1-3H3,(H,18,20)(H,19,21). The first-order valence-corrected chi connectivity index (χ1v) is 8.09. The van der Waals surface area contributed by atoms with Gasteiger partial charge in [-0.3, -0.25) is 9.59 Å². The lowest BCUT2D eigenvalue weighted by molar-refractivity contribution is -0.125. The van der Waals surface area contributed by atoms with Gasteiger partial charge in [-0.05, 0) is 44.4 Å². The molecule has 2 N–H and O–H groups in total. The van der Waals surface area contributed by atoms with Crippen LogP contribution in [0.15, 0.2) is 22.7 Å². The van der Waals surface area contributed by atoms with Crippen molar-refractivity contribution in [3.8, 4) is 0 Å². The quantitative estimate of drug-likeness (QED) is 0.854. The molecule has 1 aromatic carbocycles. The Morgan fingerprint density at radius 1 is 1.33 bits per heavy atom. The van der Waals surface area contributed by atoms with Crippen LogP contribution in [0.4, 0.5) is 5.69 Å². The van der Waals surface area contributed by atoms with Crippen molar-refractivity contribution in [2.24, 2.45) is 11.8 Å².